The number of amides is 2. The molecule has 1 saturated heterocycles. The van der Waals surface area contributed by atoms with E-state index in [1.54, 1.807) is 0 Å². The molecule has 0 unspecified atom stereocenters. The molecule has 1 aliphatic rings. The Hall–Kier alpha value is -4.00. The van der Waals surface area contributed by atoms with Crippen LogP contribution in [0.2, 0.25) is 0 Å². The van der Waals surface area contributed by atoms with Crippen LogP contribution in [0, 0.1) is 6.92 Å². The van der Waals surface area contributed by atoms with Gasteiger partial charge in [-0.1, -0.05) is 90.5 Å². The molecule has 3 N–H and O–H groups in total. The fourth-order valence-corrected chi connectivity index (χ4v) is 6.14. The van der Waals surface area contributed by atoms with Gasteiger partial charge in [0.1, 0.15) is 0 Å². The number of nitrogens with two attached hydrogens (primary N) is 1. The van der Waals surface area contributed by atoms with Crippen LogP contribution in [0.25, 0.3) is 10.8 Å². The van der Waals surface area contributed by atoms with Crippen LogP contribution >= 0.6 is 0 Å². The minimum Gasteiger partial charge on any atom is -0.350 e. The van der Waals surface area contributed by atoms with Crippen molar-refractivity contribution in [2.45, 2.75) is 44.2 Å². The number of nitrogens with zero attached hydrogens (tertiary/aromatic N) is 2. The molecule has 0 aromatic heterocycles. The number of rotatable bonds is 10. The predicted molar refractivity (Wildman–Crippen MR) is 171 cm³/mol. The van der Waals surface area contributed by atoms with E-state index in [2.05, 4.69) is 83.9 Å². The van der Waals surface area contributed by atoms with Crippen molar-refractivity contribution in [3.8, 4) is 0 Å². The van der Waals surface area contributed by atoms with Crippen LogP contribution in [0.15, 0.2) is 97.1 Å². The number of hydrogen-bond donors (Lipinski definition) is 2. The van der Waals surface area contributed by atoms with Crippen molar-refractivity contribution in [3.63, 3.8) is 0 Å². The summed E-state index contributed by atoms with van der Waals surface area (Å²) in [4.78, 5) is 31.5. The van der Waals surface area contributed by atoms with Gasteiger partial charge in [-0.05, 0) is 73.8 Å². The van der Waals surface area contributed by atoms with Crippen LogP contribution in [0.3, 0.4) is 0 Å². The van der Waals surface area contributed by atoms with Gasteiger partial charge in [-0.2, -0.15) is 0 Å². The molecule has 1 fully saturated rings. The Morgan fingerprint density at radius 2 is 1.57 bits per heavy atom. The summed E-state index contributed by atoms with van der Waals surface area (Å²) in [6.07, 6.45) is 2.23. The van der Waals surface area contributed by atoms with Gasteiger partial charge in [0.05, 0.1) is 6.04 Å². The van der Waals surface area contributed by atoms with Crippen molar-refractivity contribution in [2.75, 3.05) is 33.2 Å². The van der Waals surface area contributed by atoms with Crippen LogP contribution < -0.4 is 11.1 Å². The van der Waals surface area contributed by atoms with E-state index in [4.69, 9.17) is 5.73 Å². The lowest BCUT2D eigenvalue weighted by Gasteiger charge is -2.33. The van der Waals surface area contributed by atoms with E-state index in [0.717, 1.165) is 23.6 Å². The number of nitrogens with one attached hydrogen (secondary N) is 1. The summed E-state index contributed by atoms with van der Waals surface area (Å²) in [5, 5.41) is 5.34. The monoisotopic (exact) mass is 562 g/mol. The van der Waals surface area contributed by atoms with E-state index in [1.165, 1.54) is 16.7 Å². The molecular weight excluding hydrogens is 520 g/mol. The maximum atomic E-state index is 14.1. The van der Waals surface area contributed by atoms with Crippen LogP contribution in [-0.2, 0) is 4.79 Å². The average Bonchev–Trinajstić information content (AvgIpc) is 3.13. The molecule has 1 heterocycles. The lowest BCUT2D eigenvalue weighted by Crippen LogP contribution is -2.50. The first-order chi connectivity index (χ1) is 20.4. The summed E-state index contributed by atoms with van der Waals surface area (Å²) < 4.78 is 0. The zero-order valence-electron chi connectivity index (χ0n) is 24.7. The minimum absolute atomic E-state index is 0.0284. The van der Waals surface area contributed by atoms with Gasteiger partial charge in [0.15, 0.2) is 0 Å². The molecule has 4 aromatic carbocycles. The van der Waals surface area contributed by atoms with E-state index in [0.29, 0.717) is 38.2 Å². The highest BCUT2D eigenvalue weighted by atomic mass is 16.2. The van der Waals surface area contributed by atoms with Gasteiger partial charge in [-0.15, -0.1) is 0 Å². The Morgan fingerprint density at radius 1 is 0.929 bits per heavy atom. The highest BCUT2D eigenvalue weighted by Gasteiger charge is 2.36. The van der Waals surface area contributed by atoms with Gasteiger partial charge in [0, 0.05) is 37.2 Å². The highest BCUT2D eigenvalue weighted by molar-refractivity contribution is 5.98. The Kier molecular flexibility index (Phi) is 9.67. The van der Waals surface area contributed by atoms with Gasteiger partial charge in [-0.25, -0.2) is 0 Å². The van der Waals surface area contributed by atoms with Crippen LogP contribution in [0.5, 0.6) is 0 Å². The first-order valence-electron chi connectivity index (χ1n) is 15.0. The number of aryl methyl sites for hydroxylation is 1. The second-order valence-corrected chi connectivity index (χ2v) is 11.5. The third kappa shape index (κ3) is 6.89. The van der Waals surface area contributed by atoms with Crippen LogP contribution in [-0.4, -0.2) is 66.9 Å². The van der Waals surface area contributed by atoms with E-state index in [-0.39, 0.29) is 29.8 Å². The normalized spacial score (nSPS) is 17.9. The van der Waals surface area contributed by atoms with Crippen molar-refractivity contribution in [1.82, 2.24) is 15.1 Å². The summed E-state index contributed by atoms with van der Waals surface area (Å²) in [7, 11) is 2.02. The zero-order valence-corrected chi connectivity index (χ0v) is 24.7. The van der Waals surface area contributed by atoms with Gasteiger partial charge >= 0.3 is 0 Å². The number of benzene rings is 4. The number of carbonyl (C=O) groups excluding carboxylic acids is 2. The average molecular weight is 563 g/mol. The van der Waals surface area contributed by atoms with Crippen LogP contribution in [0.1, 0.15) is 52.2 Å². The molecular formula is C36H42N4O2. The number of carbonyl (C=O) groups is 2. The summed E-state index contributed by atoms with van der Waals surface area (Å²) in [5.41, 5.74) is 10.1. The van der Waals surface area contributed by atoms with E-state index >= 15 is 0 Å². The second kappa shape index (κ2) is 13.8. The predicted octanol–water partition coefficient (Wildman–Crippen LogP) is 5.35. The number of likely N-dealkylation sites (N-methyl/N-ethyl adjacent to an activating group) is 1. The summed E-state index contributed by atoms with van der Waals surface area (Å²) in [6.45, 7) is 4.32. The standard InChI is InChI=1S/C36H42N4O2/c1-26-15-16-30-23-31(18-17-29(30)22-26)35(41)38-24-32-19-21-40(36(42)34(39(32)2)14-9-20-37)25-33(27-10-5-3-6-11-27)28-12-7-4-8-13-28/h3-8,10-13,15-18,22-23,32-34H,9,14,19-21,24-25,37H2,1-2H3,(H,38,41)/t32-,34-/m0/s1. The highest BCUT2D eigenvalue weighted by Crippen LogP contribution is 2.28. The molecule has 6 heteroatoms. The Labute approximate surface area is 249 Å². The van der Waals surface area contributed by atoms with Gasteiger partial charge in [0.25, 0.3) is 5.91 Å². The zero-order chi connectivity index (χ0) is 29.5. The SMILES string of the molecule is Cc1ccc2cc(C(=O)NC[C@@H]3CCN(CC(c4ccccc4)c4ccccc4)C(=O)[C@H](CCCN)N3C)ccc2c1. The summed E-state index contributed by atoms with van der Waals surface area (Å²) >= 11 is 0. The van der Waals surface area contributed by atoms with Crippen molar-refractivity contribution in [3.05, 3.63) is 119 Å². The molecule has 2 atom stereocenters. The molecule has 0 saturated carbocycles. The Bertz CT molecular complexity index is 1450. The van der Waals surface area contributed by atoms with E-state index < -0.39 is 0 Å². The largest absolute Gasteiger partial charge is 0.350 e. The maximum absolute atomic E-state index is 14.1. The van der Waals surface area contributed by atoms with Crippen molar-refractivity contribution >= 4 is 22.6 Å². The molecule has 6 nitrogen and oxygen atoms in total. The van der Waals surface area contributed by atoms with Crippen molar-refractivity contribution < 1.29 is 9.59 Å². The first-order valence-corrected chi connectivity index (χ1v) is 15.0. The first kappa shape index (κ1) is 29.5. The molecule has 0 aliphatic carbocycles. The van der Waals surface area contributed by atoms with Gasteiger partial charge in [-0.3, -0.25) is 14.5 Å². The summed E-state index contributed by atoms with van der Waals surface area (Å²) in [5.74, 6) is 0.122. The van der Waals surface area contributed by atoms with E-state index in [1.807, 2.05) is 42.3 Å². The molecule has 0 spiro atoms. The topological polar surface area (TPSA) is 78.7 Å². The molecule has 0 radical (unpaired) electrons. The maximum Gasteiger partial charge on any atom is 0.251 e. The summed E-state index contributed by atoms with van der Waals surface area (Å²) in [6, 6.07) is 32.7. The van der Waals surface area contributed by atoms with Gasteiger partial charge < -0.3 is 16.0 Å². The molecule has 2 amide bonds. The lowest BCUT2D eigenvalue weighted by atomic mass is 9.90. The van der Waals surface area contributed by atoms with Crippen LogP contribution in [0.4, 0.5) is 0 Å². The Morgan fingerprint density at radius 3 is 2.24 bits per heavy atom. The molecule has 4 aromatic rings. The Balaban J connectivity index is 1.33. The van der Waals surface area contributed by atoms with Crippen molar-refractivity contribution in [2.24, 2.45) is 5.73 Å². The smallest absolute Gasteiger partial charge is 0.251 e. The minimum atomic E-state index is -0.283. The second-order valence-electron chi connectivity index (χ2n) is 11.5. The molecule has 5 rings (SSSR count). The number of fused-ring (bicyclic) bond motifs is 1. The third-order valence-electron chi connectivity index (χ3n) is 8.64. The quantitative estimate of drug-likeness (QED) is 0.273. The fourth-order valence-electron chi connectivity index (χ4n) is 6.14. The van der Waals surface area contributed by atoms with E-state index in [9.17, 15) is 9.59 Å². The molecule has 42 heavy (non-hydrogen) atoms. The lowest BCUT2D eigenvalue weighted by molar-refractivity contribution is -0.135. The van der Waals surface area contributed by atoms with Gasteiger partial charge in [0.2, 0.25) is 5.91 Å². The van der Waals surface area contributed by atoms with Crippen molar-refractivity contribution in [1.29, 1.82) is 0 Å². The number of hydrogen-bond acceptors (Lipinski definition) is 4. The fraction of sp³-hybridized carbons (Fsp3) is 0.333. The third-order valence-corrected chi connectivity index (χ3v) is 8.64. The molecule has 1 aliphatic heterocycles. The molecule has 218 valence electrons. The molecule has 0 bridgehead atoms.